The minimum atomic E-state index is 0. The molecule has 3 aromatic heterocycles. The Morgan fingerprint density at radius 1 is 0.500 bits per heavy atom. The number of nitrogens with zero attached hydrogens (tertiary/aromatic N) is 12. The predicted molar refractivity (Wildman–Crippen MR) is 101 cm³/mol. The standard InChI is InChI=1S/C15H11N3.Mn.3N3/c1-3-10-16-12(6-1)14-8-5-9-15(18-14)13-7-2-4-11-17-13;;3*1-3-2/h1-11H;;;;/q;+3;3*-1. The van der Waals surface area contributed by atoms with Crippen LogP contribution in [-0.4, -0.2) is 15.0 Å². The van der Waals surface area contributed by atoms with Crippen molar-refractivity contribution in [3.63, 3.8) is 0 Å². The quantitative estimate of drug-likeness (QED) is 0.220. The van der Waals surface area contributed by atoms with E-state index in [2.05, 4.69) is 15.0 Å². The third-order valence-electron chi connectivity index (χ3n) is 2.60. The van der Waals surface area contributed by atoms with Crippen molar-refractivity contribution in [1.82, 2.24) is 15.0 Å². The summed E-state index contributed by atoms with van der Waals surface area (Å²) in [6.45, 7) is 0. The predicted octanol–water partition coefficient (Wildman–Crippen LogP) is 5.80. The van der Waals surface area contributed by atoms with Crippen LogP contribution in [-0.2, 0) is 17.1 Å². The Hall–Kier alpha value is -4.10. The molecule has 138 valence electrons. The van der Waals surface area contributed by atoms with Crippen LogP contribution in [0.25, 0.3) is 70.7 Å². The van der Waals surface area contributed by atoms with E-state index in [1.54, 1.807) is 12.4 Å². The SMILES string of the molecule is [Mn+3].[N-]=[N+]=[N-].[N-]=[N+]=[N-].[N-]=[N+]=[N-].c1ccc(-c2cccc(-c3ccccn3)n2)nc1. The van der Waals surface area contributed by atoms with E-state index in [0.29, 0.717) is 0 Å². The Balaban J connectivity index is 0. The van der Waals surface area contributed by atoms with E-state index in [9.17, 15) is 0 Å². The monoisotopic (exact) mass is 414 g/mol. The van der Waals surface area contributed by atoms with Gasteiger partial charge >= 0.3 is 17.1 Å². The molecule has 13 heteroatoms. The van der Waals surface area contributed by atoms with Crippen LogP contribution in [0.5, 0.6) is 0 Å². The zero-order chi connectivity index (χ0) is 20.3. The fourth-order valence-corrected chi connectivity index (χ4v) is 1.75. The zero-order valence-electron chi connectivity index (χ0n) is 14.1. The summed E-state index contributed by atoms with van der Waals surface area (Å²) in [5.74, 6) is 0. The van der Waals surface area contributed by atoms with Gasteiger partial charge in [-0.05, 0) is 36.4 Å². The Morgan fingerprint density at radius 3 is 1.11 bits per heavy atom. The Kier molecular flexibility index (Phi) is 16.5. The average Bonchev–Trinajstić information content (AvgIpc) is 2.71. The fraction of sp³-hybridized carbons (Fsp3) is 0. The molecular weight excluding hydrogens is 403 g/mol. The molecule has 0 aromatic carbocycles. The van der Waals surface area contributed by atoms with Gasteiger partial charge in [0, 0.05) is 12.4 Å². The first-order valence-electron chi connectivity index (χ1n) is 6.93. The molecule has 0 saturated carbocycles. The van der Waals surface area contributed by atoms with E-state index in [1.165, 1.54) is 14.7 Å². The molecule has 0 saturated heterocycles. The first-order chi connectivity index (χ1) is 13.2. The first-order valence-corrected chi connectivity index (χ1v) is 6.93. The minimum absolute atomic E-state index is 0. The maximum Gasteiger partial charge on any atom is 3.00 e. The molecule has 3 rings (SSSR count). The molecule has 28 heavy (non-hydrogen) atoms. The van der Waals surface area contributed by atoms with E-state index in [0.717, 1.165) is 22.8 Å². The maximum absolute atomic E-state index is 6.75. The molecule has 0 aliphatic carbocycles. The second-order valence-electron chi connectivity index (χ2n) is 4.11. The molecule has 0 spiro atoms. The number of pyridine rings is 3. The normalized spacial score (nSPS) is 7.43. The third kappa shape index (κ3) is 10.7. The van der Waals surface area contributed by atoms with Crippen molar-refractivity contribution in [3.05, 3.63) is 115 Å². The molecule has 0 aliphatic rings. The summed E-state index contributed by atoms with van der Waals surface area (Å²) in [6, 6.07) is 17.5. The summed E-state index contributed by atoms with van der Waals surface area (Å²) in [5, 5.41) is 0. The molecule has 0 radical (unpaired) electrons. The molecule has 3 aromatic rings. The van der Waals surface area contributed by atoms with Crippen molar-refractivity contribution in [2.45, 2.75) is 0 Å². The Morgan fingerprint density at radius 2 is 0.821 bits per heavy atom. The smallest absolute Gasteiger partial charge is 0.373 e. The van der Waals surface area contributed by atoms with Crippen LogP contribution < -0.4 is 0 Å². The van der Waals surface area contributed by atoms with Gasteiger partial charge in [0.05, 0.1) is 22.8 Å². The van der Waals surface area contributed by atoms with Crippen molar-refractivity contribution >= 4 is 0 Å². The second kappa shape index (κ2) is 17.7. The van der Waals surface area contributed by atoms with Crippen molar-refractivity contribution in [2.75, 3.05) is 0 Å². The number of hydrogen-bond acceptors (Lipinski definition) is 3. The molecule has 0 N–H and O–H groups in total. The summed E-state index contributed by atoms with van der Waals surface area (Å²) < 4.78 is 0. The number of aromatic nitrogens is 3. The van der Waals surface area contributed by atoms with Crippen molar-refractivity contribution in [1.29, 1.82) is 0 Å². The molecule has 0 bridgehead atoms. The van der Waals surface area contributed by atoms with Gasteiger partial charge in [0.25, 0.3) is 0 Å². The molecule has 0 unspecified atom stereocenters. The van der Waals surface area contributed by atoms with Crippen LogP contribution >= 0.6 is 0 Å². The van der Waals surface area contributed by atoms with Crippen molar-refractivity contribution < 1.29 is 17.1 Å². The van der Waals surface area contributed by atoms with E-state index in [4.69, 9.17) is 33.2 Å². The number of rotatable bonds is 2. The van der Waals surface area contributed by atoms with Gasteiger partial charge in [-0.15, -0.1) is 0 Å². The second-order valence-corrected chi connectivity index (χ2v) is 4.11. The first kappa shape index (κ1) is 26.1. The zero-order valence-corrected chi connectivity index (χ0v) is 15.3. The van der Waals surface area contributed by atoms with Crippen molar-refractivity contribution in [3.8, 4) is 22.8 Å². The van der Waals surface area contributed by atoms with Gasteiger partial charge in [-0.25, -0.2) is 4.98 Å². The third-order valence-corrected chi connectivity index (χ3v) is 2.60. The summed E-state index contributed by atoms with van der Waals surface area (Å²) in [5.41, 5.74) is 44.0. The summed E-state index contributed by atoms with van der Waals surface area (Å²) in [6.07, 6.45) is 3.54. The largest absolute Gasteiger partial charge is 3.00 e. The van der Waals surface area contributed by atoms with E-state index >= 15 is 0 Å². The van der Waals surface area contributed by atoms with Crippen LogP contribution in [0.2, 0.25) is 0 Å². The minimum Gasteiger partial charge on any atom is -0.373 e. The molecule has 0 fully saturated rings. The molecule has 0 atom stereocenters. The Labute approximate surface area is 170 Å². The van der Waals surface area contributed by atoms with E-state index < -0.39 is 0 Å². The van der Waals surface area contributed by atoms with Crippen LogP contribution in [0.3, 0.4) is 0 Å². The van der Waals surface area contributed by atoms with Gasteiger partial charge < -0.3 is 33.2 Å². The van der Waals surface area contributed by atoms with Gasteiger partial charge in [0.15, 0.2) is 0 Å². The summed E-state index contributed by atoms with van der Waals surface area (Å²) in [4.78, 5) is 17.7. The molecule has 12 nitrogen and oxygen atoms in total. The van der Waals surface area contributed by atoms with Crippen molar-refractivity contribution in [2.24, 2.45) is 0 Å². The molecule has 0 amide bonds. The topological polar surface area (TPSA) is 215 Å². The molecule has 3 heterocycles. The van der Waals surface area contributed by atoms with E-state index in [-0.39, 0.29) is 17.1 Å². The summed E-state index contributed by atoms with van der Waals surface area (Å²) in [7, 11) is 0. The van der Waals surface area contributed by atoms with Gasteiger partial charge in [0.2, 0.25) is 0 Å². The summed E-state index contributed by atoms with van der Waals surface area (Å²) >= 11 is 0. The number of hydrogen-bond donors (Lipinski definition) is 0. The Bertz CT molecular complexity index is 815. The molecular formula is C15H11MnN12. The molecule has 0 aliphatic heterocycles. The van der Waals surface area contributed by atoms with Crippen LogP contribution in [0.1, 0.15) is 0 Å². The van der Waals surface area contributed by atoms with Crippen LogP contribution in [0.4, 0.5) is 0 Å². The van der Waals surface area contributed by atoms with Crippen LogP contribution in [0, 0.1) is 0 Å². The van der Waals surface area contributed by atoms with Gasteiger partial charge in [-0.3, -0.25) is 24.7 Å². The maximum atomic E-state index is 6.75. The van der Waals surface area contributed by atoms with E-state index in [1.807, 2.05) is 54.6 Å². The van der Waals surface area contributed by atoms with Gasteiger partial charge in [0.1, 0.15) is 0 Å². The van der Waals surface area contributed by atoms with Gasteiger partial charge in [-0.2, -0.15) is 0 Å². The van der Waals surface area contributed by atoms with Crippen LogP contribution in [0.15, 0.2) is 67.0 Å². The van der Waals surface area contributed by atoms with Gasteiger partial charge in [-0.1, -0.05) is 18.2 Å². The fourth-order valence-electron chi connectivity index (χ4n) is 1.75. The average molecular weight is 414 g/mol.